The Balaban J connectivity index is 2.12. The van der Waals surface area contributed by atoms with Gasteiger partial charge in [-0.1, -0.05) is 13.3 Å². The summed E-state index contributed by atoms with van der Waals surface area (Å²) >= 11 is 0. The van der Waals surface area contributed by atoms with Crippen molar-refractivity contribution in [2.45, 2.75) is 51.0 Å². The van der Waals surface area contributed by atoms with Crippen LogP contribution >= 0.6 is 0 Å². The third-order valence-electron chi connectivity index (χ3n) is 3.45. The summed E-state index contributed by atoms with van der Waals surface area (Å²) in [5.74, 6) is 0.599. The van der Waals surface area contributed by atoms with E-state index in [4.69, 9.17) is 4.74 Å². The van der Waals surface area contributed by atoms with Gasteiger partial charge in [-0.3, -0.25) is 4.79 Å². The van der Waals surface area contributed by atoms with Gasteiger partial charge in [0.15, 0.2) is 0 Å². The Morgan fingerprint density at radius 2 is 2.25 bits per heavy atom. The van der Waals surface area contributed by atoms with Gasteiger partial charge in [-0.2, -0.15) is 0 Å². The minimum atomic E-state index is -0.0463. The SMILES string of the molecule is C[C@H]1CCCC[C@]12CCC(=O)O2. The van der Waals surface area contributed by atoms with Crippen molar-refractivity contribution in [2.24, 2.45) is 5.92 Å². The number of hydrogen-bond donors (Lipinski definition) is 0. The van der Waals surface area contributed by atoms with E-state index in [0.29, 0.717) is 12.3 Å². The van der Waals surface area contributed by atoms with Crippen LogP contribution in [-0.4, -0.2) is 11.6 Å². The number of rotatable bonds is 0. The molecule has 1 aliphatic carbocycles. The van der Waals surface area contributed by atoms with Crippen LogP contribution in [0.2, 0.25) is 0 Å². The van der Waals surface area contributed by atoms with Gasteiger partial charge in [0.25, 0.3) is 0 Å². The molecule has 0 unspecified atom stereocenters. The van der Waals surface area contributed by atoms with Crippen molar-refractivity contribution >= 4 is 5.97 Å². The summed E-state index contributed by atoms with van der Waals surface area (Å²) in [6.07, 6.45) is 6.47. The lowest BCUT2D eigenvalue weighted by Crippen LogP contribution is -2.38. The monoisotopic (exact) mass is 168 g/mol. The van der Waals surface area contributed by atoms with E-state index in [-0.39, 0.29) is 11.6 Å². The van der Waals surface area contributed by atoms with Crippen molar-refractivity contribution in [1.29, 1.82) is 0 Å². The maximum atomic E-state index is 11.0. The number of esters is 1. The lowest BCUT2D eigenvalue weighted by atomic mass is 9.75. The molecule has 1 heterocycles. The molecule has 0 aromatic carbocycles. The highest BCUT2D eigenvalue weighted by atomic mass is 16.6. The van der Waals surface area contributed by atoms with Gasteiger partial charge in [-0.25, -0.2) is 0 Å². The van der Waals surface area contributed by atoms with Crippen LogP contribution in [0.15, 0.2) is 0 Å². The van der Waals surface area contributed by atoms with Gasteiger partial charge < -0.3 is 4.74 Å². The highest BCUT2D eigenvalue weighted by molar-refractivity contribution is 5.72. The first-order valence-corrected chi connectivity index (χ1v) is 4.95. The predicted molar refractivity (Wildman–Crippen MR) is 45.7 cm³/mol. The fourth-order valence-corrected chi connectivity index (χ4v) is 2.55. The van der Waals surface area contributed by atoms with Crippen molar-refractivity contribution in [3.8, 4) is 0 Å². The third kappa shape index (κ3) is 1.13. The van der Waals surface area contributed by atoms with E-state index in [2.05, 4.69) is 6.92 Å². The minimum Gasteiger partial charge on any atom is -0.459 e. The molecule has 2 fully saturated rings. The molecule has 0 N–H and O–H groups in total. The van der Waals surface area contributed by atoms with E-state index in [1.165, 1.54) is 19.3 Å². The van der Waals surface area contributed by atoms with Crippen LogP contribution in [0.5, 0.6) is 0 Å². The number of carbonyl (C=O) groups is 1. The molecule has 0 amide bonds. The van der Waals surface area contributed by atoms with Gasteiger partial charge >= 0.3 is 5.97 Å². The summed E-state index contributed by atoms with van der Waals surface area (Å²) in [6.45, 7) is 2.22. The maximum Gasteiger partial charge on any atom is 0.306 e. The van der Waals surface area contributed by atoms with Gasteiger partial charge in [0.05, 0.1) is 0 Å². The van der Waals surface area contributed by atoms with E-state index in [1.54, 1.807) is 0 Å². The van der Waals surface area contributed by atoms with E-state index >= 15 is 0 Å². The first-order valence-electron chi connectivity index (χ1n) is 4.95. The van der Waals surface area contributed by atoms with Crippen LogP contribution in [0.4, 0.5) is 0 Å². The summed E-state index contributed by atoms with van der Waals surface area (Å²) in [4.78, 5) is 11.0. The standard InChI is InChI=1S/C10H16O2/c1-8-4-2-3-6-10(8)7-5-9(11)12-10/h8H,2-7H2,1H3/t8-,10-/m0/s1. The quantitative estimate of drug-likeness (QED) is 0.519. The van der Waals surface area contributed by atoms with E-state index in [0.717, 1.165) is 12.8 Å². The number of ether oxygens (including phenoxy) is 1. The van der Waals surface area contributed by atoms with Crippen molar-refractivity contribution in [3.05, 3.63) is 0 Å². The van der Waals surface area contributed by atoms with Crippen molar-refractivity contribution < 1.29 is 9.53 Å². The summed E-state index contributed by atoms with van der Waals surface area (Å²) in [5, 5.41) is 0. The van der Waals surface area contributed by atoms with Crippen LogP contribution < -0.4 is 0 Å². The Hall–Kier alpha value is -0.530. The van der Waals surface area contributed by atoms with Gasteiger partial charge in [-0.05, 0) is 31.6 Å². The average molecular weight is 168 g/mol. The van der Waals surface area contributed by atoms with Crippen LogP contribution in [0.3, 0.4) is 0 Å². The molecule has 0 radical (unpaired) electrons. The first kappa shape index (κ1) is 8.09. The zero-order valence-electron chi connectivity index (χ0n) is 7.64. The molecule has 2 rings (SSSR count). The summed E-state index contributed by atoms with van der Waals surface area (Å²) < 4.78 is 5.46. The lowest BCUT2D eigenvalue weighted by Gasteiger charge is -2.37. The summed E-state index contributed by atoms with van der Waals surface area (Å²) in [5.41, 5.74) is -0.0463. The van der Waals surface area contributed by atoms with Crippen LogP contribution in [0.25, 0.3) is 0 Å². The molecule has 1 spiro atoms. The minimum absolute atomic E-state index is 0.0174. The Bertz CT molecular complexity index is 200. The summed E-state index contributed by atoms with van der Waals surface area (Å²) in [6, 6.07) is 0. The molecule has 1 saturated carbocycles. The molecule has 12 heavy (non-hydrogen) atoms. The highest BCUT2D eigenvalue weighted by Crippen LogP contribution is 2.43. The molecular formula is C10H16O2. The van der Waals surface area contributed by atoms with E-state index in [9.17, 15) is 4.79 Å². The largest absolute Gasteiger partial charge is 0.459 e. The lowest BCUT2D eigenvalue weighted by molar-refractivity contribution is -0.155. The van der Waals surface area contributed by atoms with Crippen molar-refractivity contribution in [1.82, 2.24) is 0 Å². The van der Waals surface area contributed by atoms with Crippen LogP contribution in [-0.2, 0) is 9.53 Å². The first-order chi connectivity index (χ1) is 5.73. The normalized spacial score (nSPS) is 41.8. The zero-order valence-corrected chi connectivity index (χ0v) is 7.64. The Kier molecular flexibility index (Phi) is 1.85. The zero-order chi connectivity index (χ0) is 8.60. The van der Waals surface area contributed by atoms with E-state index < -0.39 is 0 Å². The molecule has 2 nitrogen and oxygen atoms in total. The van der Waals surface area contributed by atoms with Gasteiger partial charge in [0.1, 0.15) is 5.60 Å². The van der Waals surface area contributed by atoms with Gasteiger partial charge in [0.2, 0.25) is 0 Å². The predicted octanol–water partition coefficient (Wildman–Crippen LogP) is 2.27. The smallest absolute Gasteiger partial charge is 0.306 e. The van der Waals surface area contributed by atoms with E-state index in [1.807, 2.05) is 0 Å². The molecule has 2 heteroatoms. The fourth-order valence-electron chi connectivity index (χ4n) is 2.55. The second-order valence-corrected chi connectivity index (χ2v) is 4.19. The molecule has 2 aliphatic rings. The topological polar surface area (TPSA) is 26.3 Å². The van der Waals surface area contributed by atoms with Crippen LogP contribution in [0, 0.1) is 5.92 Å². The van der Waals surface area contributed by atoms with Crippen molar-refractivity contribution in [3.63, 3.8) is 0 Å². The number of carbonyl (C=O) groups excluding carboxylic acids is 1. The third-order valence-corrected chi connectivity index (χ3v) is 3.45. The molecule has 68 valence electrons. The molecular weight excluding hydrogens is 152 g/mol. The second-order valence-electron chi connectivity index (χ2n) is 4.19. The molecule has 1 saturated heterocycles. The highest BCUT2D eigenvalue weighted by Gasteiger charge is 2.45. The van der Waals surface area contributed by atoms with Crippen LogP contribution in [0.1, 0.15) is 45.4 Å². The Morgan fingerprint density at radius 1 is 1.42 bits per heavy atom. The summed E-state index contributed by atoms with van der Waals surface area (Å²) in [7, 11) is 0. The average Bonchev–Trinajstić information content (AvgIpc) is 2.41. The van der Waals surface area contributed by atoms with Gasteiger partial charge in [-0.15, -0.1) is 0 Å². The Morgan fingerprint density at radius 3 is 2.83 bits per heavy atom. The van der Waals surface area contributed by atoms with Crippen molar-refractivity contribution in [2.75, 3.05) is 0 Å². The molecule has 2 atom stereocenters. The number of hydrogen-bond acceptors (Lipinski definition) is 2. The maximum absolute atomic E-state index is 11.0. The second kappa shape index (κ2) is 2.75. The fraction of sp³-hybridized carbons (Fsp3) is 0.900. The van der Waals surface area contributed by atoms with Gasteiger partial charge in [0, 0.05) is 6.42 Å². The Labute approximate surface area is 73.3 Å². The molecule has 0 aromatic rings. The molecule has 1 aliphatic heterocycles. The molecule has 0 bridgehead atoms. The molecule has 0 aromatic heterocycles.